The molecule has 0 saturated heterocycles. The number of nitrogens with zero attached hydrogens (tertiary/aromatic N) is 2. The number of ether oxygens (including phenoxy) is 1. The Balaban J connectivity index is 1.63. The Morgan fingerprint density at radius 3 is 2.48 bits per heavy atom. The molecule has 0 fully saturated rings. The summed E-state index contributed by atoms with van der Waals surface area (Å²) in [5, 5.41) is 3.11. The molecule has 0 spiro atoms. The van der Waals surface area contributed by atoms with Gasteiger partial charge < -0.3 is 15.4 Å². The van der Waals surface area contributed by atoms with E-state index in [9.17, 15) is 0 Å². The maximum Gasteiger partial charge on any atom is 0.125 e. The van der Waals surface area contributed by atoms with Gasteiger partial charge in [0.2, 0.25) is 0 Å². The molecule has 2 aromatic carbocycles. The fourth-order valence-corrected chi connectivity index (χ4v) is 4.55. The molecule has 0 radical (unpaired) electrons. The second-order valence-electron chi connectivity index (χ2n) is 8.13. The van der Waals surface area contributed by atoms with Gasteiger partial charge in [-0.1, -0.05) is 51.2 Å². The van der Waals surface area contributed by atoms with Crippen molar-refractivity contribution >= 4 is 22.7 Å². The molecule has 1 heterocycles. The van der Waals surface area contributed by atoms with E-state index in [0.717, 1.165) is 40.7 Å². The smallest absolute Gasteiger partial charge is 0.125 e. The number of anilines is 2. The van der Waals surface area contributed by atoms with E-state index in [1.165, 1.54) is 49.8 Å². The molecule has 5 heteroatoms. The van der Waals surface area contributed by atoms with Gasteiger partial charge in [0.15, 0.2) is 0 Å². The summed E-state index contributed by atoms with van der Waals surface area (Å²) < 4.78 is 5.24. The predicted molar refractivity (Wildman–Crippen MR) is 134 cm³/mol. The second kappa shape index (κ2) is 11.8. The van der Waals surface area contributed by atoms with Crippen LogP contribution in [-0.4, -0.2) is 25.7 Å². The number of unbranched alkanes of at least 4 members (excludes halogenated alkanes) is 5. The van der Waals surface area contributed by atoms with Gasteiger partial charge in [-0.25, -0.2) is 4.98 Å². The first-order valence-corrected chi connectivity index (χ1v) is 12.2. The van der Waals surface area contributed by atoms with Gasteiger partial charge in [0.1, 0.15) is 10.8 Å². The quantitative estimate of drug-likeness (QED) is 0.250. The molecule has 2 N–H and O–H groups in total. The first-order valence-electron chi connectivity index (χ1n) is 11.3. The Morgan fingerprint density at radius 2 is 1.74 bits per heavy atom. The average molecular weight is 438 g/mol. The number of rotatable bonds is 12. The highest BCUT2D eigenvalue weighted by atomic mass is 32.1. The molecule has 166 valence electrons. The van der Waals surface area contributed by atoms with Gasteiger partial charge in [0.25, 0.3) is 0 Å². The van der Waals surface area contributed by atoms with Gasteiger partial charge in [-0.3, -0.25) is 0 Å². The molecular formula is C26H35N3OS. The van der Waals surface area contributed by atoms with Crippen molar-refractivity contribution in [1.82, 2.24) is 4.98 Å². The molecule has 4 nitrogen and oxygen atoms in total. The van der Waals surface area contributed by atoms with Crippen LogP contribution in [0.25, 0.3) is 10.6 Å². The van der Waals surface area contributed by atoms with Crippen LogP contribution in [0.3, 0.4) is 0 Å². The Bertz CT molecular complexity index is 936. The van der Waals surface area contributed by atoms with E-state index in [1.807, 2.05) is 18.2 Å². The first-order chi connectivity index (χ1) is 15.1. The SMILES string of the molecule is CCCCCCCCN(C)c1ccc(N)c(-c2nc(Cc3ccc(OC)cc3)cs2)c1. The Morgan fingerprint density at radius 1 is 1.00 bits per heavy atom. The lowest BCUT2D eigenvalue weighted by molar-refractivity contribution is 0.414. The van der Waals surface area contributed by atoms with E-state index < -0.39 is 0 Å². The molecule has 3 aromatic rings. The molecule has 3 rings (SSSR count). The number of hydrogen-bond donors (Lipinski definition) is 1. The molecule has 0 amide bonds. The summed E-state index contributed by atoms with van der Waals surface area (Å²) in [4.78, 5) is 7.20. The minimum absolute atomic E-state index is 0.780. The van der Waals surface area contributed by atoms with Crippen molar-refractivity contribution in [3.8, 4) is 16.3 Å². The maximum atomic E-state index is 6.32. The molecule has 1 aromatic heterocycles. The van der Waals surface area contributed by atoms with Crippen LogP contribution < -0.4 is 15.4 Å². The number of nitrogens with two attached hydrogens (primary N) is 1. The third kappa shape index (κ3) is 6.73. The lowest BCUT2D eigenvalue weighted by Crippen LogP contribution is -2.18. The number of methoxy groups -OCH3 is 1. The fraction of sp³-hybridized carbons (Fsp3) is 0.423. The minimum Gasteiger partial charge on any atom is -0.497 e. The zero-order valence-corrected chi connectivity index (χ0v) is 19.9. The van der Waals surface area contributed by atoms with E-state index in [4.69, 9.17) is 15.5 Å². The molecule has 0 aliphatic carbocycles. The van der Waals surface area contributed by atoms with Crippen molar-refractivity contribution < 1.29 is 4.74 Å². The molecule has 0 saturated carbocycles. The van der Waals surface area contributed by atoms with Crippen molar-refractivity contribution in [2.45, 2.75) is 51.9 Å². The van der Waals surface area contributed by atoms with Crippen LogP contribution in [0.4, 0.5) is 11.4 Å². The van der Waals surface area contributed by atoms with Crippen molar-refractivity contribution in [3.05, 3.63) is 59.1 Å². The third-order valence-electron chi connectivity index (χ3n) is 5.65. The number of benzene rings is 2. The van der Waals surface area contributed by atoms with Crippen molar-refractivity contribution in [2.75, 3.05) is 31.3 Å². The van der Waals surface area contributed by atoms with Gasteiger partial charge in [0.05, 0.1) is 12.8 Å². The van der Waals surface area contributed by atoms with E-state index in [-0.39, 0.29) is 0 Å². The summed E-state index contributed by atoms with van der Waals surface area (Å²) in [6, 6.07) is 14.5. The number of aromatic nitrogens is 1. The highest BCUT2D eigenvalue weighted by Gasteiger charge is 2.11. The second-order valence-corrected chi connectivity index (χ2v) is 8.99. The standard InChI is InChI=1S/C26H35N3OS/c1-4-5-6-7-8-9-16-29(2)22-12-15-25(27)24(18-22)26-28-21(19-31-26)17-20-10-13-23(30-3)14-11-20/h10-15,18-19H,4-9,16-17,27H2,1-3H3. The van der Waals surface area contributed by atoms with Crippen LogP contribution in [-0.2, 0) is 6.42 Å². The van der Waals surface area contributed by atoms with Gasteiger partial charge in [-0.15, -0.1) is 11.3 Å². The van der Waals surface area contributed by atoms with Crippen LogP contribution >= 0.6 is 11.3 Å². The number of thiazole rings is 1. The molecule has 0 unspecified atom stereocenters. The monoisotopic (exact) mass is 437 g/mol. The summed E-state index contributed by atoms with van der Waals surface area (Å²) in [5.74, 6) is 0.873. The first kappa shape index (κ1) is 23.1. The summed E-state index contributed by atoms with van der Waals surface area (Å²) >= 11 is 1.66. The summed E-state index contributed by atoms with van der Waals surface area (Å²) in [6.07, 6.45) is 8.67. The maximum absolute atomic E-state index is 6.32. The van der Waals surface area contributed by atoms with Gasteiger partial charge >= 0.3 is 0 Å². The van der Waals surface area contributed by atoms with Gasteiger partial charge in [-0.2, -0.15) is 0 Å². The number of hydrogen-bond acceptors (Lipinski definition) is 5. The molecular weight excluding hydrogens is 402 g/mol. The molecule has 31 heavy (non-hydrogen) atoms. The van der Waals surface area contributed by atoms with Crippen LogP contribution in [0.2, 0.25) is 0 Å². The van der Waals surface area contributed by atoms with E-state index in [1.54, 1.807) is 18.4 Å². The highest BCUT2D eigenvalue weighted by Crippen LogP contribution is 2.33. The zero-order valence-electron chi connectivity index (χ0n) is 19.1. The van der Waals surface area contributed by atoms with Crippen LogP contribution in [0.5, 0.6) is 5.75 Å². The normalized spacial score (nSPS) is 10.9. The van der Waals surface area contributed by atoms with E-state index in [2.05, 4.69) is 48.5 Å². The Labute approximate surface area is 191 Å². The topological polar surface area (TPSA) is 51.4 Å². The largest absolute Gasteiger partial charge is 0.497 e. The molecule has 0 bridgehead atoms. The van der Waals surface area contributed by atoms with E-state index in [0.29, 0.717) is 0 Å². The van der Waals surface area contributed by atoms with Crippen LogP contribution in [0.1, 0.15) is 56.7 Å². The van der Waals surface area contributed by atoms with Crippen molar-refractivity contribution in [2.24, 2.45) is 0 Å². The Hall–Kier alpha value is -2.53. The third-order valence-corrected chi connectivity index (χ3v) is 6.58. The predicted octanol–water partition coefficient (Wildman–Crippen LogP) is 6.79. The van der Waals surface area contributed by atoms with Crippen LogP contribution in [0.15, 0.2) is 47.8 Å². The molecule has 0 aliphatic rings. The molecule has 0 atom stereocenters. The highest BCUT2D eigenvalue weighted by molar-refractivity contribution is 7.13. The van der Waals surface area contributed by atoms with Crippen LogP contribution in [0, 0.1) is 0 Å². The Kier molecular flexibility index (Phi) is 8.77. The van der Waals surface area contributed by atoms with Crippen molar-refractivity contribution in [1.29, 1.82) is 0 Å². The van der Waals surface area contributed by atoms with Gasteiger partial charge in [0, 0.05) is 42.3 Å². The molecule has 0 aliphatic heterocycles. The lowest BCUT2D eigenvalue weighted by atomic mass is 10.1. The summed E-state index contributed by atoms with van der Waals surface area (Å²) in [5.41, 5.74) is 11.6. The van der Waals surface area contributed by atoms with Gasteiger partial charge in [-0.05, 0) is 42.3 Å². The number of nitrogen functional groups attached to an aromatic ring is 1. The lowest BCUT2D eigenvalue weighted by Gasteiger charge is -2.20. The summed E-state index contributed by atoms with van der Waals surface area (Å²) in [6.45, 7) is 3.33. The van der Waals surface area contributed by atoms with E-state index >= 15 is 0 Å². The van der Waals surface area contributed by atoms with Crippen molar-refractivity contribution in [3.63, 3.8) is 0 Å². The zero-order chi connectivity index (χ0) is 22.1. The average Bonchev–Trinajstić information content (AvgIpc) is 3.25. The summed E-state index contributed by atoms with van der Waals surface area (Å²) in [7, 11) is 3.85. The minimum atomic E-state index is 0.780. The fourth-order valence-electron chi connectivity index (χ4n) is 3.69.